The van der Waals surface area contributed by atoms with E-state index in [2.05, 4.69) is 44.7 Å². The molecule has 0 aliphatic carbocycles. The SMILES string of the molecule is CCC(CC)N(CC(C)C)c1cccc(OC)c1[C@H](C)N. The Labute approximate surface area is 130 Å². The molecule has 1 aromatic carbocycles. The summed E-state index contributed by atoms with van der Waals surface area (Å²) >= 11 is 0. The van der Waals surface area contributed by atoms with Gasteiger partial charge in [-0.1, -0.05) is 33.8 Å². The molecule has 1 aromatic rings. The summed E-state index contributed by atoms with van der Waals surface area (Å²) in [6, 6.07) is 6.75. The van der Waals surface area contributed by atoms with E-state index in [9.17, 15) is 0 Å². The lowest BCUT2D eigenvalue weighted by molar-refractivity contribution is 0.406. The summed E-state index contributed by atoms with van der Waals surface area (Å²) < 4.78 is 5.54. The highest BCUT2D eigenvalue weighted by Crippen LogP contribution is 2.35. The average molecular weight is 292 g/mol. The molecule has 0 aliphatic heterocycles. The van der Waals surface area contributed by atoms with Gasteiger partial charge in [0.2, 0.25) is 0 Å². The molecule has 0 fully saturated rings. The monoisotopic (exact) mass is 292 g/mol. The smallest absolute Gasteiger partial charge is 0.125 e. The maximum atomic E-state index is 6.24. The normalized spacial score (nSPS) is 12.8. The van der Waals surface area contributed by atoms with Gasteiger partial charge in [0.1, 0.15) is 5.75 Å². The Morgan fingerprint density at radius 1 is 1.14 bits per heavy atom. The predicted molar refractivity (Wildman–Crippen MR) is 92.2 cm³/mol. The van der Waals surface area contributed by atoms with Crippen molar-refractivity contribution in [1.82, 2.24) is 0 Å². The molecule has 0 amide bonds. The third kappa shape index (κ3) is 4.37. The highest BCUT2D eigenvalue weighted by Gasteiger charge is 2.23. The number of hydrogen-bond donors (Lipinski definition) is 1. The van der Waals surface area contributed by atoms with E-state index < -0.39 is 0 Å². The zero-order valence-electron chi connectivity index (χ0n) is 14.5. The summed E-state index contributed by atoms with van der Waals surface area (Å²) in [6.45, 7) is 12.1. The molecule has 21 heavy (non-hydrogen) atoms. The van der Waals surface area contributed by atoms with Gasteiger partial charge in [0.25, 0.3) is 0 Å². The van der Waals surface area contributed by atoms with Gasteiger partial charge in [-0.2, -0.15) is 0 Å². The number of benzene rings is 1. The molecular weight excluding hydrogens is 260 g/mol. The lowest BCUT2D eigenvalue weighted by Crippen LogP contribution is -2.38. The van der Waals surface area contributed by atoms with Crippen molar-refractivity contribution in [2.45, 2.75) is 59.5 Å². The zero-order chi connectivity index (χ0) is 16.0. The van der Waals surface area contributed by atoms with E-state index in [4.69, 9.17) is 10.5 Å². The molecule has 3 heteroatoms. The molecule has 3 nitrogen and oxygen atoms in total. The van der Waals surface area contributed by atoms with Gasteiger partial charge >= 0.3 is 0 Å². The third-order valence-electron chi connectivity index (χ3n) is 3.97. The number of nitrogens with two attached hydrogens (primary N) is 1. The molecule has 120 valence electrons. The second kappa shape index (κ2) is 8.28. The van der Waals surface area contributed by atoms with E-state index >= 15 is 0 Å². The van der Waals surface area contributed by atoms with Gasteiger partial charge in [0.15, 0.2) is 0 Å². The van der Waals surface area contributed by atoms with Crippen LogP contribution < -0.4 is 15.4 Å². The third-order valence-corrected chi connectivity index (χ3v) is 3.97. The van der Waals surface area contributed by atoms with Crippen molar-refractivity contribution in [3.63, 3.8) is 0 Å². The maximum absolute atomic E-state index is 6.24. The zero-order valence-corrected chi connectivity index (χ0v) is 14.5. The van der Waals surface area contributed by atoms with Gasteiger partial charge in [0.05, 0.1) is 7.11 Å². The maximum Gasteiger partial charge on any atom is 0.125 e. The molecule has 0 radical (unpaired) electrons. The van der Waals surface area contributed by atoms with Crippen LogP contribution in [0.25, 0.3) is 0 Å². The Hall–Kier alpha value is -1.22. The number of anilines is 1. The van der Waals surface area contributed by atoms with Gasteiger partial charge in [-0.15, -0.1) is 0 Å². The summed E-state index contributed by atoms with van der Waals surface area (Å²) in [4.78, 5) is 2.52. The van der Waals surface area contributed by atoms with Crippen molar-refractivity contribution in [2.24, 2.45) is 11.7 Å². The highest BCUT2D eigenvalue weighted by atomic mass is 16.5. The second-order valence-electron chi connectivity index (χ2n) is 6.20. The van der Waals surface area contributed by atoms with Crippen molar-refractivity contribution in [3.8, 4) is 5.75 Å². The van der Waals surface area contributed by atoms with Crippen molar-refractivity contribution in [1.29, 1.82) is 0 Å². The van der Waals surface area contributed by atoms with Gasteiger partial charge in [-0.3, -0.25) is 0 Å². The van der Waals surface area contributed by atoms with Gasteiger partial charge in [-0.05, 0) is 37.8 Å². The topological polar surface area (TPSA) is 38.5 Å². The first kappa shape index (κ1) is 17.8. The summed E-state index contributed by atoms with van der Waals surface area (Å²) in [5.41, 5.74) is 8.58. The Kier molecular flexibility index (Phi) is 7.03. The molecule has 1 rings (SSSR count). The van der Waals surface area contributed by atoms with Crippen LogP contribution in [0.15, 0.2) is 18.2 Å². The van der Waals surface area contributed by atoms with Gasteiger partial charge in [-0.25, -0.2) is 0 Å². The fourth-order valence-corrected chi connectivity index (χ4v) is 2.99. The number of methoxy groups -OCH3 is 1. The van der Waals surface area contributed by atoms with Crippen molar-refractivity contribution < 1.29 is 4.74 Å². The molecule has 0 saturated carbocycles. The van der Waals surface area contributed by atoms with Crippen LogP contribution in [0.1, 0.15) is 59.1 Å². The first-order valence-corrected chi connectivity index (χ1v) is 8.15. The largest absolute Gasteiger partial charge is 0.496 e. The number of rotatable bonds is 8. The molecule has 0 saturated heterocycles. The molecule has 2 N–H and O–H groups in total. The molecule has 1 atom stereocenters. The molecule has 0 unspecified atom stereocenters. The number of ether oxygens (including phenoxy) is 1. The van der Waals surface area contributed by atoms with E-state index in [0.717, 1.165) is 30.7 Å². The fraction of sp³-hybridized carbons (Fsp3) is 0.667. The van der Waals surface area contributed by atoms with Crippen molar-refractivity contribution in [2.75, 3.05) is 18.6 Å². The van der Waals surface area contributed by atoms with Crippen LogP contribution in [0.5, 0.6) is 5.75 Å². The molecule has 0 spiro atoms. The van der Waals surface area contributed by atoms with Crippen LogP contribution in [0.2, 0.25) is 0 Å². The Morgan fingerprint density at radius 3 is 2.19 bits per heavy atom. The minimum absolute atomic E-state index is 0.0415. The predicted octanol–water partition coefficient (Wildman–Crippen LogP) is 4.37. The van der Waals surface area contributed by atoms with E-state index in [1.54, 1.807) is 7.11 Å². The first-order chi connectivity index (χ1) is 9.96. The highest BCUT2D eigenvalue weighted by molar-refractivity contribution is 5.61. The minimum Gasteiger partial charge on any atom is -0.496 e. The van der Waals surface area contributed by atoms with Crippen LogP contribution >= 0.6 is 0 Å². The van der Waals surface area contributed by atoms with E-state index in [0.29, 0.717) is 12.0 Å². The lowest BCUT2D eigenvalue weighted by atomic mass is 10.00. The van der Waals surface area contributed by atoms with Crippen molar-refractivity contribution >= 4 is 5.69 Å². The van der Waals surface area contributed by atoms with E-state index in [1.807, 2.05) is 13.0 Å². The van der Waals surface area contributed by atoms with Gasteiger partial charge in [0, 0.05) is 29.9 Å². The Bertz CT molecular complexity index is 425. The number of nitrogens with zero attached hydrogens (tertiary/aromatic N) is 1. The summed E-state index contributed by atoms with van der Waals surface area (Å²) in [5, 5.41) is 0. The van der Waals surface area contributed by atoms with Gasteiger partial charge < -0.3 is 15.4 Å². The van der Waals surface area contributed by atoms with E-state index in [-0.39, 0.29) is 6.04 Å². The molecular formula is C18H32N2O. The van der Waals surface area contributed by atoms with Crippen LogP contribution in [0.4, 0.5) is 5.69 Å². The van der Waals surface area contributed by atoms with E-state index in [1.165, 1.54) is 5.69 Å². The molecule has 0 heterocycles. The lowest BCUT2D eigenvalue weighted by Gasteiger charge is -2.36. The second-order valence-corrected chi connectivity index (χ2v) is 6.20. The molecule has 0 aliphatic rings. The summed E-state index contributed by atoms with van der Waals surface area (Å²) in [5.74, 6) is 1.50. The molecule has 0 bridgehead atoms. The quantitative estimate of drug-likeness (QED) is 0.773. The molecule has 0 aromatic heterocycles. The van der Waals surface area contributed by atoms with Crippen LogP contribution in [-0.2, 0) is 0 Å². The summed E-state index contributed by atoms with van der Waals surface area (Å²) in [7, 11) is 1.72. The standard InChI is InChI=1S/C18H32N2O/c1-7-15(8-2)20(12-13(3)4)16-10-9-11-17(21-6)18(16)14(5)19/h9-11,13-15H,7-8,12,19H2,1-6H3/t14-/m0/s1. The average Bonchev–Trinajstić information content (AvgIpc) is 2.46. The number of hydrogen-bond acceptors (Lipinski definition) is 3. The minimum atomic E-state index is -0.0415. The summed E-state index contributed by atoms with van der Waals surface area (Å²) in [6.07, 6.45) is 2.28. The van der Waals surface area contributed by atoms with Crippen LogP contribution in [0, 0.1) is 5.92 Å². The fourth-order valence-electron chi connectivity index (χ4n) is 2.99. The van der Waals surface area contributed by atoms with Crippen LogP contribution in [-0.4, -0.2) is 19.7 Å². The Morgan fingerprint density at radius 2 is 1.76 bits per heavy atom. The Balaban J connectivity index is 3.35. The van der Waals surface area contributed by atoms with Crippen molar-refractivity contribution in [3.05, 3.63) is 23.8 Å². The first-order valence-electron chi connectivity index (χ1n) is 8.15. The van der Waals surface area contributed by atoms with Crippen LogP contribution in [0.3, 0.4) is 0 Å².